The van der Waals surface area contributed by atoms with E-state index in [0.717, 1.165) is 0 Å². The molecule has 1 atom stereocenters. The first-order valence-corrected chi connectivity index (χ1v) is 8.16. The first kappa shape index (κ1) is 15.8. The van der Waals surface area contributed by atoms with E-state index < -0.39 is 27.3 Å². The van der Waals surface area contributed by atoms with Crippen LogP contribution in [0.2, 0.25) is 5.02 Å². The molecular weight excluding hydrogens is 318 g/mol. The van der Waals surface area contributed by atoms with Crippen LogP contribution in [0.1, 0.15) is 19.4 Å². The number of carbonyl (C=O) groups is 1. The smallest absolute Gasteiger partial charge is 0.266 e. The normalized spacial score (nSPS) is 22.5. The summed E-state index contributed by atoms with van der Waals surface area (Å²) >= 11 is 5.79. The summed E-state index contributed by atoms with van der Waals surface area (Å²) in [5, 5.41) is 10.2. The lowest BCUT2D eigenvalue weighted by molar-refractivity contribution is -0.134. The molecule has 0 saturated heterocycles. The average Bonchev–Trinajstić information content (AvgIpc) is 2.64. The lowest BCUT2D eigenvalue weighted by atomic mass is 9.99. The Kier molecular flexibility index (Phi) is 4.01. The molecule has 21 heavy (non-hydrogen) atoms. The van der Waals surface area contributed by atoms with Crippen LogP contribution in [0.4, 0.5) is 0 Å². The predicted octanol–water partition coefficient (Wildman–Crippen LogP) is 1.82. The quantitative estimate of drug-likeness (QED) is 0.878. The minimum Gasteiger partial charge on any atom is -0.502 e. The van der Waals surface area contributed by atoms with Crippen LogP contribution in [0.15, 0.2) is 35.8 Å². The van der Waals surface area contributed by atoms with Gasteiger partial charge in [0, 0.05) is 10.6 Å². The fourth-order valence-corrected chi connectivity index (χ4v) is 2.90. The van der Waals surface area contributed by atoms with Crippen molar-refractivity contribution in [3.8, 4) is 0 Å². The fourth-order valence-electron chi connectivity index (χ4n) is 1.94. The molecule has 0 spiro atoms. The van der Waals surface area contributed by atoms with Crippen molar-refractivity contribution < 1.29 is 23.1 Å². The minimum atomic E-state index is -3.77. The van der Waals surface area contributed by atoms with E-state index >= 15 is 0 Å². The van der Waals surface area contributed by atoms with Crippen LogP contribution >= 0.6 is 11.6 Å². The van der Waals surface area contributed by atoms with Gasteiger partial charge in [0.25, 0.3) is 11.5 Å². The van der Waals surface area contributed by atoms with Crippen molar-refractivity contribution in [2.24, 2.45) is 0 Å². The van der Waals surface area contributed by atoms with Gasteiger partial charge in [-0.25, -0.2) is 8.42 Å². The number of halogens is 1. The number of benzene rings is 1. The lowest BCUT2D eigenvalue weighted by Gasteiger charge is -2.28. The number of hydrogen-bond donors (Lipinski definition) is 2. The van der Waals surface area contributed by atoms with Crippen molar-refractivity contribution in [3.63, 3.8) is 0 Å². The van der Waals surface area contributed by atoms with Gasteiger partial charge in [-0.15, -0.1) is 0 Å². The highest BCUT2D eigenvalue weighted by atomic mass is 35.5. The van der Waals surface area contributed by atoms with Crippen LogP contribution in [-0.4, -0.2) is 25.1 Å². The van der Waals surface area contributed by atoms with Gasteiger partial charge in [-0.1, -0.05) is 23.7 Å². The Balaban J connectivity index is 2.57. The highest BCUT2D eigenvalue weighted by molar-refractivity contribution is 7.89. The van der Waals surface area contributed by atoms with E-state index in [9.17, 15) is 18.3 Å². The van der Waals surface area contributed by atoms with Crippen LogP contribution in [0.5, 0.6) is 0 Å². The second-order valence-corrected chi connectivity index (χ2v) is 6.98. The molecule has 1 unspecified atom stereocenters. The van der Waals surface area contributed by atoms with Crippen molar-refractivity contribution in [2.45, 2.75) is 19.6 Å². The molecule has 6 nitrogen and oxygen atoms in total. The van der Waals surface area contributed by atoms with Crippen LogP contribution in [0.25, 0.3) is 0 Å². The molecule has 0 aliphatic carbocycles. The molecule has 8 heteroatoms. The van der Waals surface area contributed by atoms with E-state index in [1.165, 1.54) is 38.1 Å². The van der Waals surface area contributed by atoms with Gasteiger partial charge in [-0.05, 0) is 26.0 Å². The van der Waals surface area contributed by atoms with E-state index in [1.54, 1.807) is 0 Å². The molecule has 2 rings (SSSR count). The molecule has 1 aromatic rings. The monoisotopic (exact) mass is 331 g/mol. The van der Waals surface area contributed by atoms with Gasteiger partial charge in [0.1, 0.15) is 5.76 Å². The van der Waals surface area contributed by atoms with E-state index in [2.05, 4.69) is 4.72 Å². The summed E-state index contributed by atoms with van der Waals surface area (Å²) in [6.45, 7) is 2.81. The predicted molar refractivity (Wildman–Crippen MR) is 77.1 cm³/mol. The zero-order valence-corrected chi connectivity index (χ0v) is 13.0. The molecule has 2 N–H and O–H groups in total. The number of ketones is 1. The maximum atomic E-state index is 12.3. The standard InChI is InChI=1S/C13H14ClNO5S/c1-3-21(18,19)15-13(9-4-6-10(14)7-5-9)12(17)11(16)8(2)20-13/h4-7,15-16H,3H2,1-2H3. The number of nitrogens with one attached hydrogen (secondary N) is 1. The number of ether oxygens (including phenoxy) is 1. The van der Waals surface area contributed by atoms with E-state index in [4.69, 9.17) is 16.3 Å². The molecular formula is C13H14ClNO5S. The number of carbonyl (C=O) groups excluding carboxylic acids is 1. The van der Waals surface area contributed by atoms with Gasteiger partial charge in [0.05, 0.1) is 5.75 Å². The van der Waals surface area contributed by atoms with Crippen molar-refractivity contribution >= 4 is 27.4 Å². The molecule has 0 aromatic heterocycles. The molecule has 0 fully saturated rings. The zero-order chi connectivity index (χ0) is 15.8. The maximum Gasteiger partial charge on any atom is 0.266 e. The largest absolute Gasteiger partial charge is 0.502 e. The molecule has 1 aliphatic rings. The highest BCUT2D eigenvalue weighted by Gasteiger charge is 2.52. The number of aliphatic hydroxyl groups is 1. The zero-order valence-electron chi connectivity index (χ0n) is 11.4. The van der Waals surface area contributed by atoms with Crippen molar-refractivity contribution in [3.05, 3.63) is 46.4 Å². The Hall–Kier alpha value is -1.57. The fraction of sp³-hybridized carbons (Fsp3) is 0.308. The summed E-state index contributed by atoms with van der Waals surface area (Å²) < 4.78 is 31.4. The van der Waals surface area contributed by atoms with E-state index in [-0.39, 0.29) is 17.1 Å². The van der Waals surface area contributed by atoms with Gasteiger partial charge in [0.2, 0.25) is 15.8 Å². The van der Waals surface area contributed by atoms with Crippen LogP contribution in [0.3, 0.4) is 0 Å². The van der Waals surface area contributed by atoms with Crippen molar-refractivity contribution in [1.82, 2.24) is 4.72 Å². The number of aliphatic hydroxyl groups excluding tert-OH is 1. The minimum absolute atomic E-state index is 0.0475. The lowest BCUT2D eigenvalue weighted by Crippen LogP contribution is -2.51. The van der Waals surface area contributed by atoms with Gasteiger partial charge in [-0.2, -0.15) is 4.72 Å². The molecule has 114 valence electrons. The number of sulfonamides is 1. The average molecular weight is 332 g/mol. The summed E-state index contributed by atoms with van der Waals surface area (Å²) in [5.41, 5.74) is -1.76. The highest BCUT2D eigenvalue weighted by Crippen LogP contribution is 2.36. The SMILES string of the molecule is CCS(=O)(=O)NC1(c2ccc(Cl)cc2)OC(C)=C(O)C1=O. The van der Waals surface area contributed by atoms with Gasteiger partial charge >= 0.3 is 0 Å². The second-order valence-electron chi connectivity index (χ2n) is 4.53. The molecule has 0 amide bonds. The van der Waals surface area contributed by atoms with Gasteiger partial charge in [-0.3, -0.25) is 4.79 Å². The van der Waals surface area contributed by atoms with E-state index in [1.807, 2.05) is 0 Å². The third-order valence-corrected chi connectivity index (χ3v) is 4.72. The molecule has 0 saturated carbocycles. The number of allylic oxidation sites excluding steroid dienone is 1. The summed E-state index contributed by atoms with van der Waals surface area (Å²) in [6, 6.07) is 5.93. The van der Waals surface area contributed by atoms with E-state index in [0.29, 0.717) is 5.02 Å². The number of Topliss-reactive ketones (excluding diaryl/α,β-unsaturated/α-hetero) is 1. The third-order valence-electron chi connectivity index (χ3n) is 3.10. The first-order valence-electron chi connectivity index (χ1n) is 6.13. The summed E-state index contributed by atoms with van der Waals surface area (Å²) in [5.74, 6) is -1.75. The third kappa shape index (κ3) is 2.76. The molecule has 0 bridgehead atoms. The Morgan fingerprint density at radius 3 is 2.33 bits per heavy atom. The van der Waals surface area contributed by atoms with Crippen molar-refractivity contribution in [1.29, 1.82) is 0 Å². The van der Waals surface area contributed by atoms with Gasteiger partial charge in [0.15, 0.2) is 0 Å². The Morgan fingerprint density at radius 2 is 1.90 bits per heavy atom. The topological polar surface area (TPSA) is 92.7 Å². The second kappa shape index (κ2) is 5.32. The molecule has 1 aliphatic heterocycles. The van der Waals surface area contributed by atoms with Crippen LogP contribution < -0.4 is 4.72 Å². The summed E-state index contributed by atoms with van der Waals surface area (Å²) in [7, 11) is -3.77. The molecule has 1 aromatic carbocycles. The van der Waals surface area contributed by atoms with Crippen LogP contribution in [0, 0.1) is 0 Å². The summed E-state index contributed by atoms with van der Waals surface area (Å²) in [6.07, 6.45) is 0. The Bertz CT molecular complexity index is 711. The van der Waals surface area contributed by atoms with Gasteiger partial charge < -0.3 is 9.84 Å². The molecule has 1 heterocycles. The Morgan fingerprint density at radius 1 is 1.33 bits per heavy atom. The molecule has 0 radical (unpaired) electrons. The first-order chi connectivity index (χ1) is 9.72. The maximum absolute atomic E-state index is 12.3. The number of hydrogen-bond acceptors (Lipinski definition) is 5. The number of rotatable bonds is 4. The van der Waals surface area contributed by atoms with Crippen molar-refractivity contribution in [2.75, 3.05) is 5.75 Å². The Labute approximate surface area is 127 Å². The van der Waals surface area contributed by atoms with Crippen LogP contribution in [-0.2, 0) is 25.3 Å². The summed E-state index contributed by atoms with van der Waals surface area (Å²) in [4.78, 5) is 12.3.